The Morgan fingerprint density at radius 3 is 2.46 bits per heavy atom. The van der Waals surface area contributed by atoms with E-state index in [0.29, 0.717) is 36.3 Å². The molecule has 1 amide bonds. The molecule has 0 saturated carbocycles. The van der Waals surface area contributed by atoms with Gasteiger partial charge >= 0.3 is 5.97 Å². The maximum absolute atomic E-state index is 12.5. The standard InChI is InChI=1S/C22H24N2O4/c1-2-21(26)28-15-16-4-3-5-18(14-16)23-22(27)17-6-8-19(9-7-17)24-12-10-20(25)11-13-24/h3-9,14H,2,10-13,15H2,1H3,(H,23,27). The Morgan fingerprint density at radius 1 is 1.07 bits per heavy atom. The van der Waals surface area contributed by atoms with E-state index in [4.69, 9.17) is 4.74 Å². The molecule has 1 N–H and O–H groups in total. The lowest BCUT2D eigenvalue weighted by Crippen LogP contribution is -2.33. The van der Waals surface area contributed by atoms with Crippen LogP contribution < -0.4 is 10.2 Å². The Hall–Kier alpha value is -3.15. The van der Waals surface area contributed by atoms with Crippen LogP contribution in [-0.2, 0) is 20.9 Å². The number of amides is 1. The second-order valence-electron chi connectivity index (χ2n) is 6.74. The highest BCUT2D eigenvalue weighted by Gasteiger charge is 2.16. The third-order valence-corrected chi connectivity index (χ3v) is 4.69. The van der Waals surface area contributed by atoms with Gasteiger partial charge in [-0.2, -0.15) is 0 Å². The van der Waals surface area contributed by atoms with Crippen molar-refractivity contribution in [2.75, 3.05) is 23.3 Å². The van der Waals surface area contributed by atoms with Crippen molar-refractivity contribution in [3.63, 3.8) is 0 Å². The lowest BCUT2D eigenvalue weighted by atomic mass is 10.1. The van der Waals surface area contributed by atoms with Crippen molar-refractivity contribution in [1.82, 2.24) is 0 Å². The number of Topliss-reactive ketones (excluding diaryl/α,β-unsaturated/α-hetero) is 1. The summed E-state index contributed by atoms with van der Waals surface area (Å²) in [6.45, 7) is 3.37. The zero-order valence-corrected chi connectivity index (χ0v) is 15.9. The summed E-state index contributed by atoms with van der Waals surface area (Å²) in [6.07, 6.45) is 1.48. The van der Waals surface area contributed by atoms with Gasteiger partial charge in [0.05, 0.1) is 0 Å². The molecule has 2 aromatic rings. The van der Waals surface area contributed by atoms with Crippen LogP contribution in [0, 0.1) is 0 Å². The Labute approximate surface area is 164 Å². The monoisotopic (exact) mass is 380 g/mol. The molecule has 1 heterocycles. The number of piperidine rings is 1. The van der Waals surface area contributed by atoms with Gasteiger partial charge < -0.3 is 15.0 Å². The number of carbonyl (C=O) groups is 3. The quantitative estimate of drug-likeness (QED) is 0.776. The number of hydrogen-bond acceptors (Lipinski definition) is 5. The topological polar surface area (TPSA) is 75.7 Å². The lowest BCUT2D eigenvalue weighted by Gasteiger charge is -2.28. The summed E-state index contributed by atoms with van der Waals surface area (Å²) in [7, 11) is 0. The average Bonchev–Trinajstić information content (AvgIpc) is 2.73. The van der Waals surface area contributed by atoms with Gasteiger partial charge in [0.25, 0.3) is 5.91 Å². The minimum absolute atomic E-state index is 0.184. The maximum atomic E-state index is 12.5. The van der Waals surface area contributed by atoms with Gasteiger partial charge in [0.15, 0.2) is 0 Å². The number of anilines is 2. The van der Waals surface area contributed by atoms with Crippen LogP contribution >= 0.6 is 0 Å². The highest BCUT2D eigenvalue weighted by molar-refractivity contribution is 6.04. The summed E-state index contributed by atoms with van der Waals surface area (Å²) in [6, 6.07) is 14.6. The summed E-state index contributed by atoms with van der Waals surface area (Å²) in [5.74, 6) is -0.158. The van der Waals surface area contributed by atoms with Gasteiger partial charge in [0.1, 0.15) is 12.4 Å². The molecular formula is C22H24N2O4. The second-order valence-corrected chi connectivity index (χ2v) is 6.74. The van der Waals surface area contributed by atoms with Crippen molar-refractivity contribution in [3.8, 4) is 0 Å². The van der Waals surface area contributed by atoms with Crippen LogP contribution in [0.1, 0.15) is 42.1 Å². The Balaban J connectivity index is 1.60. The van der Waals surface area contributed by atoms with Gasteiger partial charge in [-0.15, -0.1) is 0 Å². The van der Waals surface area contributed by atoms with E-state index in [2.05, 4.69) is 10.2 Å². The maximum Gasteiger partial charge on any atom is 0.305 e. The predicted octanol–water partition coefficient (Wildman–Crippen LogP) is 3.56. The first-order valence-electron chi connectivity index (χ1n) is 9.48. The summed E-state index contributed by atoms with van der Waals surface area (Å²) in [5.41, 5.74) is 3.03. The van der Waals surface area contributed by atoms with Crippen LogP contribution in [0.3, 0.4) is 0 Å². The minimum Gasteiger partial charge on any atom is -0.461 e. The van der Waals surface area contributed by atoms with Crippen LogP contribution in [0.15, 0.2) is 48.5 Å². The van der Waals surface area contributed by atoms with Crippen molar-refractivity contribution in [3.05, 3.63) is 59.7 Å². The molecule has 0 aromatic heterocycles. The molecule has 0 atom stereocenters. The predicted molar refractivity (Wildman–Crippen MR) is 107 cm³/mol. The van der Waals surface area contributed by atoms with E-state index in [1.165, 1.54) is 0 Å². The number of benzene rings is 2. The molecule has 1 fully saturated rings. The Morgan fingerprint density at radius 2 is 1.79 bits per heavy atom. The van der Waals surface area contributed by atoms with Crippen LogP contribution in [0.25, 0.3) is 0 Å². The van der Waals surface area contributed by atoms with Crippen molar-refractivity contribution in [2.45, 2.75) is 32.8 Å². The zero-order valence-electron chi connectivity index (χ0n) is 15.9. The van der Waals surface area contributed by atoms with E-state index < -0.39 is 0 Å². The fourth-order valence-electron chi connectivity index (χ4n) is 3.05. The van der Waals surface area contributed by atoms with E-state index >= 15 is 0 Å². The number of nitrogens with one attached hydrogen (secondary N) is 1. The summed E-state index contributed by atoms with van der Waals surface area (Å²) in [5, 5.41) is 2.87. The smallest absolute Gasteiger partial charge is 0.305 e. The number of ketones is 1. The molecule has 0 bridgehead atoms. The van der Waals surface area contributed by atoms with Gasteiger partial charge in [0, 0.05) is 49.3 Å². The lowest BCUT2D eigenvalue weighted by molar-refractivity contribution is -0.144. The molecule has 0 aliphatic carbocycles. The summed E-state index contributed by atoms with van der Waals surface area (Å²) in [4.78, 5) is 37.3. The molecule has 1 aliphatic heterocycles. The highest BCUT2D eigenvalue weighted by Crippen LogP contribution is 2.20. The Kier molecular flexibility index (Phi) is 6.42. The molecule has 28 heavy (non-hydrogen) atoms. The molecule has 6 heteroatoms. The number of rotatable bonds is 6. The molecule has 146 valence electrons. The first-order valence-corrected chi connectivity index (χ1v) is 9.48. The van der Waals surface area contributed by atoms with Crippen LogP contribution in [-0.4, -0.2) is 30.7 Å². The van der Waals surface area contributed by atoms with Crippen LogP contribution in [0.2, 0.25) is 0 Å². The molecule has 6 nitrogen and oxygen atoms in total. The number of nitrogens with zero attached hydrogens (tertiary/aromatic N) is 1. The van der Waals surface area contributed by atoms with E-state index in [1.807, 2.05) is 24.3 Å². The van der Waals surface area contributed by atoms with Gasteiger partial charge in [0.2, 0.25) is 0 Å². The Bertz CT molecular complexity index is 851. The van der Waals surface area contributed by atoms with Gasteiger partial charge in [-0.05, 0) is 42.0 Å². The fourth-order valence-corrected chi connectivity index (χ4v) is 3.05. The van der Waals surface area contributed by atoms with Crippen LogP contribution in [0.5, 0.6) is 0 Å². The van der Waals surface area contributed by atoms with Crippen molar-refractivity contribution in [2.24, 2.45) is 0 Å². The molecule has 0 unspecified atom stereocenters. The van der Waals surface area contributed by atoms with Crippen LogP contribution in [0.4, 0.5) is 11.4 Å². The minimum atomic E-state index is -0.257. The molecule has 0 radical (unpaired) electrons. The third kappa shape index (κ3) is 5.19. The van der Waals surface area contributed by atoms with E-state index in [9.17, 15) is 14.4 Å². The second kappa shape index (κ2) is 9.17. The zero-order chi connectivity index (χ0) is 19.9. The summed E-state index contributed by atoms with van der Waals surface area (Å²) < 4.78 is 5.12. The van der Waals surface area contributed by atoms with Gasteiger partial charge in [-0.1, -0.05) is 19.1 Å². The van der Waals surface area contributed by atoms with Crippen molar-refractivity contribution in [1.29, 1.82) is 0 Å². The largest absolute Gasteiger partial charge is 0.461 e. The molecule has 1 aliphatic rings. The SMILES string of the molecule is CCC(=O)OCc1cccc(NC(=O)c2ccc(N3CCC(=O)CC3)cc2)c1. The highest BCUT2D eigenvalue weighted by atomic mass is 16.5. The molecule has 1 saturated heterocycles. The van der Waals surface area contributed by atoms with Crippen molar-refractivity contribution < 1.29 is 19.1 Å². The third-order valence-electron chi connectivity index (χ3n) is 4.69. The average molecular weight is 380 g/mol. The van der Waals surface area contributed by atoms with Crippen molar-refractivity contribution >= 4 is 29.0 Å². The molecular weight excluding hydrogens is 356 g/mol. The summed E-state index contributed by atoms with van der Waals surface area (Å²) >= 11 is 0. The number of ether oxygens (including phenoxy) is 1. The normalized spacial score (nSPS) is 13.9. The van der Waals surface area contributed by atoms with Gasteiger partial charge in [-0.3, -0.25) is 14.4 Å². The van der Waals surface area contributed by atoms with E-state index in [0.717, 1.165) is 24.3 Å². The molecule has 0 spiro atoms. The fraction of sp³-hybridized carbons (Fsp3) is 0.318. The molecule has 3 rings (SSSR count). The number of esters is 1. The number of carbonyl (C=O) groups excluding carboxylic acids is 3. The van der Waals surface area contributed by atoms with Gasteiger partial charge in [-0.25, -0.2) is 0 Å². The first-order chi connectivity index (χ1) is 13.5. The van der Waals surface area contributed by atoms with E-state index in [-0.39, 0.29) is 18.5 Å². The van der Waals surface area contributed by atoms with E-state index in [1.54, 1.807) is 31.2 Å². The molecule has 2 aromatic carbocycles. The first kappa shape index (κ1) is 19.6. The number of hydrogen-bond donors (Lipinski definition) is 1.